The maximum Gasteiger partial charge on any atom is 0.220 e. The molecule has 1 heterocycles. The molecule has 5 heteroatoms. The topological polar surface area (TPSA) is 61.8 Å². The normalized spacial score (nSPS) is 33.0. The molecule has 2 aliphatic carbocycles. The van der Waals surface area contributed by atoms with Crippen molar-refractivity contribution in [3.63, 3.8) is 0 Å². The fraction of sp³-hybridized carbons (Fsp3) is 0.944. The van der Waals surface area contributed by atoms with Crippen molar-refractivity contribution in [1.82, 2.24) is 10.2 Å². The number of nitrogens with zero attached hydrogens (tertiary/aromatic N) is 1. The molecular formula is C18H32N2O3. The number of rotatable bonds is 7. The summed E-state index contributed by atoms with van der Waals surface area (Å²) in [6.07, 6.45) is 7.72. The second-order valence-electron chi connectivity index (χ2n) is 7.89. The van der Waals surface area contributed by atoms with Crippen LogP contribution in [-0.2, 0) is 9.53 Å². The zero-order valence-corrected chi connectivity index (χ0v) is 14.4. The molecule has 1 amide bonds. The van der Waals surface area contributed by atoms with Crippen molar-refractivity contribution in [2.75, 3.05) is 33.4 Å². The van der Waals surface area contributed by atoms with Gasteiger partial charge in [-0.2, -0.15) is 0 Å². The maximum atomic E-state index is 12.3. The summed E-state index contributed by atoms with van der Waals surface area (Å²) in [5.74, 6) is 2.66. The number of carbonyl (C=O) groups excluding carboxylic acids is 1. The van der Waals surface area contributed by atoms with Crippen molar-refractivity contribution < 1.29 is 14.6 Å². The van der Waals surface area contributed by atoms with E-state index in [1.165, 1.54) is 25.7 Å². The van der Waals surface area contributed by atoms with Gasteiger partial charge in [0.15, 0.2) is 0 Å². The number of aliphatic hydroxyl groups is 1. The molecule has 2 bridgehead atoms. The summed E-state index contributed by atoms with van der Waals surface area (Å²) < 4.78 is 4.97. The quantitative estimate of drug-likeness (QED) is 0.743. The van der Waals surface area contributed by atoms with Crippen LogP contribution in [0.3, 0.4) is 0 Å². The van der Waals surface area contributed by atoms with Crippen LogP contribution in [0.15, 0.2) is 0 Å². The number of hydrogen-bond donors (Lipinski definition) is 2. The Balaban J connectivity index is 1.33. The lowest BCUT2D eigenvalue weighted by molar-refractivity contribution is -0.123. The molecule has 2 N–H and O–H groups in total. The number of β-amino-alcohol motifs (C(OH)–C–C–N with tert-alkyl or cyclic N) is 1. The lowest BCUT2D eigenvalue weighted by atomic mass is 9.86. The SMILES string of the molecule is COCC(O)CN1CCC(NC(=O)CC2CC3CCC2C3)CC1. The van der Waals surface area contributed by atoms with Crippen LogP contribution in [0.25, 0.3) is 0 Å². The Bertz CT molecular complexity index is 396. The summed E-state index contributed by atoms with van der Waals surface area (Å²) >= 11 is 0. The Labute approximate surface area is 139 Å². The van der Waals surface area contributed by atoms with E-state index >= 15 is 0 Å². The first-order valence-electron chi connectivity index (χ1n) is 9.32. The number of ether oxygens (including phenoxy) is 1. The van der Waals surface area contributed by atoms with Crippen molar-refractivity contribution >= 4 is 5.91 Å². The number of likely N-dealkylation sites (tertiary alicyclic amines) is 1. The minimum atomic E-state index is -0.413. The van der Waals surface area contributed by atoms with E-state index in [0.717, 1.165) is 44.2 Å². The van der Waals surface area contributed by atoms with Gasteiger partial charge in [-0.1, -0.05) is 6.42 Å². The highest BCUT2D eigenvalue weighted by Gasteiger charge is 2.40. The van der Waals surface area contributed by atoms with Gasteiger partial charge in [-0.15, -0.1) is 0 Å². The molecule has 2 saturated carbocycles. The van der Waals surface area contributed by atoms with Crippen LogP contribution in [0.5, 0.6) is 0 Å². The highest BCUT2D eigenvalue weighted by molar-refractivity contribution is 5.76. The molecule has 0 spiro atoms. The van der Waals surface area contributed by atoms with E-state index in [-0.39, 0.29) is 5.91 Å². The predicted molar refractivity (Wildman–Crippen MR) is 89.0 cm³/mol. The van der Waals surface area contributed by atoms with Crippen LogP contribution in [0.4, 0.5) is 0 Å². The third-order valence-corrected chi connectivity index (χ3v) is 6.11. The van der Waals surface area contributed by atoms with E-state index in [4.69, 9.17) is 4.74 Å². The highest BCUT2D eigenvalue weighted by Crippen LogP contribution is 2.49. The van der Waals surface area contributed by atoms with E-state index in [0.29, 0.717) is 25.1 Å². The van der Waals surface area contributed by atoms with Crippen LogP contribution in [0.2, 0.25) is 0 Å². The van der Waals surface area contributed by atoms with Crippen LogP contribution in [0, 0.1) is 17.8 Å². The van der Waals surface area contributed by atoms with Crippen molar-refractivity contribution in [3.05, 3.63) is 0 Å². The highest BCUT2D eigenvalue weighted by atomic mass is 16.5. The number of nitrogens with one attached hydrogen (secondary N) is 1. The van der Waals surface area contributed by atoms with Gasteiger partial charge in [0, 0.05) is 39.2 Å². The fourth-order valence-corrected chi connectivity index (χ4v) is 4.95. The number of piperidine rings is 1. The molecule has 1 aliphatic heterocycles. The summed E-state index contributed by atoms with van der Waals surface area (Å²) in [6, 6.07) is 0.317. The summed E-state index contributed by atoms with van der Waals surface area (Å²) in [4.78, 5) is 14.6. The molecule has 1 saturated heterocycles. The molecule has 0 aromatic heterocycles. The minimum Gasteiger partial charge on any atom is -0.389 e. The van der Waals surface area contributed by atoms with Gasteiger partial charge in [0.1, 0.15) is 0 Å². The number of carbonyl (C=O) groups is 1. The van der Waals surface area contributed by atoms with Crippen molar-refractivity contribution in [2.24, 2.45) is 17.8 Å². The van der Waals surface area contributed by atoms with E-state index in [1.807, 2.05) is 0 Å². The van der Waals surface area contributed by atoms with Gasteiger partial charge < -0.3 is 20.1 Å². The summed E-state index contributed by atoms with van der Waals surface area (Å²) in [7, 11) is 1.61. The van der Waals surface area contributed by atoms with Gasteiger partial charge in [-0.05, 0) is 49.9 Å². The molecule has 0 aromatic carbocycles. The van der Waals surface area contributed by atoms with E-state index < -0.39 is 6.10 Å². The lowest BCUT2D eigenvalue weighted by Crippen LogP contribution is -2.47. The van der Waals surface area contributed by atoms with Gasteiger partial charge in [-0.25, -0.2) is 0 Å². The fourth-order valence-electron chi connectivity index (χ4n) is 4.95. The number of hydrogen-bond acceptors (Lipinski definition) is 4. The van der Waals surface area contributed by atoms with E-state index in [1.54, 1.807) is 7.11 Å². The molecule has 0 aromatic rings. The van der Waals surface area contributed by atoms with E-state index in [2.05, 4.69) is 10.2 Å². The molecule has 3 rings (SSSR count). The molecule has 5 nitrogen and oxygen atoms in total. The average molecular weight is 324 g/mol. The Morgan fingerprint density at radius 2 is 2.04 bits per heavy atom. The standard InChI is InChI=1S/C18H32N2O3/c1-23-12-17(21)11-20-6-4-16(5-7-20)19-18(22)10-15-9-13-2-3-14(15)8-13/h13-17,21H,2-12H2,1H3,(H,19,22). The third kappa shape index (κ3) is 4.68. The van der Waals surface area contributed by atoms with Gasteiger partial charge >= 0.3 is 0 Å². The van der Waals surface area contributed by atoms with Crippen molar-refractivity contribution in [2.45, 2.75) is 57.1 Å². The van der Waals surface area contributed by atoms with Crippen LogP contribution < -0.4 is 5.32 Å². The van der Waals surface area contributed by atoms with Crippen LogP contribution in [-0.4, -0.2) is 61.4 Å². The zero-order chi connectivity index (χ0) is 16.2. The first-order valence-corrected chi connectivity index (χ1v) is 9.32. The smallest absolute Gasteiger partial charge is 0.220 e. The molecule has 0 radical (unpaired) electrons. The number of aliphatic hydroxyl groups excluding tert-OH is 1. The molecule has 23 heavy (non-hydrogen) atoms. The largest absolute Gasteiger partial charge is 0.389 e. The minimum absolute atomic E-state index is 0.264. The molecule has 4 atom stereocenters. The van der Waals surface area contributed by atoms with E-state index in [9.17, 15) is 9.90 Å². The number of methoxy groups -OCH3 is 1. The lowest BCUT2D eigenvalue weighted by Gasteiger charge is -2.33. The third-order valence-electron chi connectivity index (χ3n) is 6.11. The number of amides is 1. The van der Waals surface area contributed by atoms with Gasteiger partial charge in [0.2, 0.25) is 5.91 Å². The summed E-state index contributed by atoms with van der Waals surface area (Å²) in [5.41, 5.74) is 0. The summed E-state index contributed by atoms with van der Waals surface area (Å²) in [5, 5.41) is 13.0. The Kier molecular flexibility index (Phi) is 5.94. The van der Waals surface area contributed by atoms with Gasteiger partial charge in [0.05, 0.1) is 12.7 Å². The first kappa shape index (κ1) is 17.2. The molecule has 3 aliphatic rings. The van der Waals surface area contributed by atoms with Crippen molar-refractivity contribution in [3.8, 4) is 0 Å². The zero-order valence-electron chi connectivity index (χ0n) is 14.4. The Morgan fingerprint density at radius 3 is 2.65 bits per heavy atom. The second-order valence-corrected chi connectivity index (χ2v) is 7.89. The number of fused-ring (bicyclic) bond motifs is 2. The molecular weight excluding hydrogens is 292 g/mol. The molecule has 132 valence electrons. The first-order chi connectivity index (χ1) is 11.1. The Hall–Kier alpha value is -0.650. The van der Waals surface area contributed by atoms with Crippen molar-refractivity contribution in [1.29, 1.82) is 0 Å². The van der Waals surface area contributed by atoms with Gasteiger partial charge in [0.25, 0.3) is 0 Å². The summed E-state index contributed by atoms with van der Waals surface area (Å²) in [6.45, 7) is 2.94. The van der Waals surface area contributed by atoms with Crippen LogP contribution >= 0.6 is 0 Å². The second kappa shape index (κ2) is 7.95. The average Bonchev–Trinajstić information content (AvgIpc) is 3.12. The molecule has 4 unspecified atom stereocenters. The predicted octanol–water partition coefficient (Wildman–Crippen LogP) is 1.40. The molecule has 3 fully saturated rings. The van der Waals surface area contributed by atoms with Crippen LogP contribution in [0.1, 0.15) is 44.9 Å². The Morgan fingerprint density at radius 1 is 1.26 bits per heavy atom. The monoisotopic (exact) mass is 324 g/mol. The van der Waals surface area contributed by atoms with Gasteiger partial charge in [-0.3, -0.25) is 4.79 Å². The maximum absolute atomic E-state index is 12.3.